The fraction of sp³-hybridized carbons (Fsp3) is 0.125. The highest BCUT2D eigenvalue weighted by Crippen LogP contribution is 2.30. The van der Waals surface area contributed by atoms with Gasteiger partial charge in [-0.1, -0.05) is 30.3 Å². The molecule has 0 spiro atoms. The van der Waals surface area contributed by atoms with Crippen LogP contribution in [0.25, 0.3) is 22.6 Å². The average molecular weight is 432 g/mol. The van der Waals surface area contributed by atoms with Crippen LogP contribution in [0.5, 0.6) is 0 Å². The molecule has 1 aromatic heterocycles. The van der Waals surface area contributed by atoms with Gasteiger partial charge in [0.05, 0.1) is 0 Å². The molecule has 0 aliphatic rings. The molecule has 31 heavy (non-hydrogen) atoms. The molecule has 0 saturated heterocycles. The summed E-state index contributed by atoms with van der Waals surface area (Å²) in [7, 11) is 0. The first-order valence-corrected chi connectivity index (χ1v) is 10.5. The van der Waals surface area contributed by atoms with Gasteiger partial charge in [0, 0.05) is 28.8 Å². The Kier molecular flexibility index (Phi) is 5.77. The number of para-hydroxylation sites is 2. The van der Waals surface area contributed by atoms with Crippen LogP contribution in [0.1, 0.15) is 27.0 Å². The molecular weight excluding hydrogens is 410 g/mol. The average Bonchev–Trinajstić information content (AvgIpc) is 3.19. The first-order chi connectivity index (χ1) is 14.9. The normalized spacial score (nSPS) is 10.8. The Balaban J connectivity index is 1.45. The van der Waals surface area contributed by atoms with Crippen molar-refractivity contribution in [3.63, 3.8) is 0 Å². The molecule has 6 nitrogen and oxygen atoms in total. The third-order valence-corrected chi connectivity index (χ3v) is 5.79. The summed E-state index contributed by atoms with van der Waals surface area (Å²) >= 11 is 0.749. The first kappa shape index (κ1) is 20.7. The van der Waals surface area contributed by atoms with Gasteiger partial charge in [0.25, 0.3) is 0 Å². The molecule has 0 aliphatic heterocycles. The fourth-order valence-electron chi connectivity index (χ4n) is 3.16. The number of hydrogen-bond acceptors (Lipinski definition) is 5. The summed E-state index contributed by atoms with van der Waals surface area (Å²) < 4.78 is 8.40. The number of urea groups is 1. The van der Waals surface area contributed by atoms with Crippen LogP contribution >= 0.6 is 11.9 Å². The molecule has 2 amide bonds. The second-order valence-electron chi connectivity index (χ2n) is 7.21. The van der Waals surface area contributed by atoms with E-state index in [1.807, 2.05) is 69.3 Å². The molecule has 3 aromatic carbocycles. The minimum absolute atomic E-state index is 0.227. The highest BCUT2D eigenvalue weighted by molar-refractivity contribution is 8.12. The predicted octanol–water partition coefficient (Wildman–Crippen LogP) is 6.03. The van der Waals surface area contributed by atoms with E-state index in [2.05, 4.69) is 15.0 Å². The molecule has 156 valence electrons. The van der Waals surface area contributed by atoms with Gasteiger partial charge in [0.2, 0.25) is 11.0 Å². The Hall–Kier alpha value is -3.58. The SMILES string of the molecule is Cc1ccc(C(=O)SNC(=O)Nc2cccc(-c3nc4ccccc4o3)c2C)cc1C. The summed E-state index contributed by atoms with van der Waals surface area (Å²) in [6.07, 6.45) is 0. The summed E-state index contributed by atoms with van der Waals surface area (Å²) in [5, 5.41) is 2.56. The van der Waals surface area contributed by atoms with E-state index >= 15 is 0 Å². The molecule has 7 heteroatoms. The maximum absolute atomic E-state index is 12.4. The smallest absolute Gasteiger partial charge is 0.329 e. The van der Waals surface area contributed by atoms with Crippen molar-refractivity contribution in [3.8, 4) is 11.5 Å². The number of aromatic nitrogens is 1. The van der Waals surface area contributed by atoms with Crippen LogP contribution in [0.15, 0.2) is 65.1 Å². The standard InChI is InChI=1S/C24H21N3O3S/c1-14-11-12-17(13-15(14)2)23(28)31-27-24(29)26-19-9-6-7-18(16(19)3)22-25-20-8-4-5-10-21(20)30-22/h4-13H,1-3H3,(H2,26,27,29). The summed E-state index contributed by atoms with van der Waals surface area (Å²) in [6, 6.07) is 18.0. The number of aryl methyl sites for hydroxylation is 2. The Bertz CT molecular complexity index is 1260. The summed E-state index contributed by atoms with van der Waals surface area (Å²) in [5.74, 6) is 0.488. The van der Waals surface area contributed by atoms with Crippen molar-refractivity contribution in [2.24, 2.45) is 0 Å². The molecule has 0 aliphatic carbocycles. The number of carbonyl (C=O) groups excluding carboxylic acids is 2. The van der Waals surface area contributed by atoms with Gasteiger partial charge in [-0.2, -0.15) is 0 Å². The van der Waals surface area contributed by atoms with Crippen molar-refractivity contribution >= 4 is 39.9 Å². The maximum Gasteiger partial charge on any atom is 0.329 e. The van der Waals surface area contributed by atoms with E-state index in [0.29, 0.717) is 22.7 Å². The molecular formula is C24H21N3O3S. The lowest BCUT2D eigenvalue weighted by molar-refractivity contribution is 0.108. The largest absolute Gasteiger partial charge is 0.436 e. The Morgan fingerprint density at radius 3 is 2.52 bits per heavy atom. The maximum atomic E-state index is 12.4. The second kappa shape index (κ2) is 8.65. The van der Waals surface area contributed by atoms with Crippen LogP contribution in [0, 0.1) is 20.8 Å². The highest BCUT2D eigenvalue weighted by atomic mass is 32.2. The third-order valence-electron chi connectivity index (χ3n) is 5.09. The van der Waals surface area contributed by atoms with E-state index in [0.717, 1.165) is 39.7 Å². The topological polar surface area (TPSA) is 84.2 Å². The van der Waals surface area contributed by atoms with Crippen LogP contribution in [-0.2, 0) is 0 Å². The lowest BCUT2D eigenvalue weighted by atomic mass is 10.1. The Morgan fingerprint density at radius 1 is 0.935 bits per heavy atom. The number of anilines is 1. The number of carbonyl (C=O) groups is 2. The van der Waals surface area contributed by atoms with E-state index < -0.39 is 6.03 Å². The minimum atomic E-state index is -0.486. The number of rotatable bonds is 3. The van der Waals surface area contributed by atoms with Gasteiger partial charge in [-0.3, -0.25) is 9.52 Å². The van der Waals surface area contributed by atoms with Crippen LogP contribution in [0.3, 0.4) is 0 Å². The zero-order valence-corrected chi connectivity index (χ0v) is 18.2. The van der Waals surface area contributed by atoms with Gasteiger partial charge in [-0.25, -0.2) is 9.78 Å². The van der Waals surface area contributed by atoms with Crippen molar-refractivity contribution in [2.45, 2.75) is 20.8 Å². The monoisotopic (exact) mass is 431 g/mol. The molecule has 4 aromatic rings. The van der Waals surface area contributed by atoms with Gasteiger partial charge >= 0.3 is 6.03 Å². The van der Waals surface area contributed by atoms with Crippen molar-refractivity contribution in [1.82, 2.24) is 9.71 Å². The van der Waals surface area contributed by atoms with Gasteiger partial charge < -0.3 is 9.73 Å². The number of nitrogens with one attached hydrogen (secondary N) is 2. The molecule has 0 radical (unpaired) electrons. The molecule has 1 heterocycles. The number of hydrogen-bond donors (Lipinski definition) is 2. The van der Waals surface area contributed by atoms with E-state index in [9.17, 15) is 9.59 Å². The van der Waals surface area contributed by atoms with Crippen molar-refractivity contribution in [3.05, 3.63) is 82.9 Å². The van der Waals surface area contributed by atoms with Crippen LogP contribution in [-0.4, -0.2) is 16.1 Å². The number of nitrogens with zero attached hydrogens (tertiary/aromatic N) is 1. The third kappa shape index (κ3) is 4.46. The number of amides is 2. The molecule has 2 N–H and O–H groups in total. The van der Waals surface area contributed by atoms with Gasteiger partial charge in [-0.15, -0.1) is 0 Å². The molecule has 0 bridgehead atoms. The molecule has 0 unspecified atom stereocenters. The number of oxazole rings is 1. The molecule has 0 atom stereocenters. The number of fused-ring (bicyclic) bond motifs is 1. The van der Waals surface area contributed by atoms with Crippen LogP contribution in [0.2, 0.25) is 0 Å². The van der Waals surface area contributed by atoms with E-state index in [4.69, 9.17) is 4.42 Å². The second-order valence-corrected chi connectivity index (χ2v) is 7.99. The van der Waals surface area contributed by atoms with Crippen molar-refractivity contribution < 1.29 is 14.0 Å². The van der Waals surface area contributed by atoms with Gasteiger partial charge in [-0.05, 0) is 67.8 Å². The Morgan fingerprint density at radius 2 is 1.74 bits per heavy atom. The van der Waals surface area contributed by atoms with E-state index in [1.165, 1.54) is 0 Å². The zero-order valence-electron chi connectivity index (χ0n) is 17.4. The number of benzene rings is 3. The fourth-order valence-corrected chi connectivity index (χ4v) is 3.64. The van der Waals surface area contributed by atoms with E-state index in [-0.39, 0.29) is 5.12 Å². The van der Waals surface area contributed by atoms with Gasteiger partial charge in [0.15, 0.2) is 5.58 Å². The van der Waals surface area contributed by atoms with E-state index in [1.54, 1.807) is 12.1 Å². The van der Waals surface area contributed by atoms with Crippen LogP contribution in [0.4, 0.5) is 10.5 Å². The van der Waals surface area contributed by atoms with Crippen molar-refractivity contribution in [1.29, 1.82) is 0 Å². The molecule has 0 fully saturated rings. The lowest BCUT2D eigenvalue weighted by Crippen LogP contribution is -2.24. The Labute approximate surface area is 184 Å². The van der Waals surface area contributed by atoms with Crippen molar-refractivity contribution in [2.75, 3.05) is 5.32 Å². The predicted molar refractivity (Wildman–Crippen MR) is 124 cm³/mol. The minimum Gasteiger partial charge on any atom is -0.436 e. The lowest BCUT2D eigenvalue weighted by Gasteiger charge is -2.11. The zero-order chi connectivity index (χ0) is 22.0. The molecule has 0 saturated carbocycles. The van der Waals surface area contributed by atoms with Gasteiger partial charge in [0.1, 0.15) is 5.52 Å². The summed E-state index contributed by atoms with van der Waals surface area (Å²) in [6.45, 7) is 5.82. The highest BCUT2D eigenvalue weighted by Gasteiger charge is 2.15. The molecule has 4 rings (SSSR count). The first-order valence-electron chi connectivity index (χ1n) is 9.73. The summed E-state index contributed by atoms with van der Waals surface area (Å²) in [4.78, 5) is 29.3. The van der Waals surface area contributed by atoms with Crippen LogP contribution < -0.4 is 10.0 Å². The quantitative estimate of drug-likeness (QED) is 0.387. The summed E-state index contributed by atoms with van der Waals surface area (Å²) in [5.41, 5.74) is 6.37.